The molecule has 0 aliphatic rings. The molecule has 0 fully saturated rings. The molecule has 1 amide bonds. The molecule has 6 heteroatoms. The van der Waals surface area contributed by atoms with Crippen molar-refractivity contribution in [3.63, 3.8) is 0 Å². The van der Waals surface area contributed by atoms with Crippen molar-refractivity contribution in [3.8, 4) is 5.75 Å². The Morgan fingerprint density at radius 2 is 2.00 bits per heavy atom. The van der Waals surface area contributed by atoms with E-state index in [0.29, 0.717) is 19.6 Å². The summed E-state index contributed by atoms with van der Waals surface area (Å²) in [5.41, 5.74) is 0.719. The third-order valence-corrected chi connectivity index (χ3v) is 2.67. The number of methoxy groups -OCH3 is 2. The summed E-state index contributed by atoms with van der Waals surface area (Å²) >= 11 is 0. The van der Waals surface area contributed by atoms with E-state index in [9.17, 15) is 9.90 Å². The van der Waals surface area contributed by atoms with Crippen molar-refractivity contribution >= 4 is 11.6 Å². The molecule has 1 atom stereocenters. The fourth-order valence-corrected chi connectivity index (χ4v) is 1.63. The van der Waals surface area contributed by atoms with Crippen molar-refractivity contribution in [2.45, 2.75) is 12.5 Å². The second kappa shape index (κ2) is 9.30. The lowest BCUT2D eigenvalue weighted by Gasteiger charge is -2.10. The molecule has 20 heavy (non-hydrogen) atoms. The van der Waals surface area contributed by atoms with E-state index in [0.717, 1.165) is 11.4 Å². The number of aliphatic hydroxyl groups excluding tert-OH is 1. The molecule has 0 aliphatic heterocycles. The molecule has 0 saturated carbocycles. The van der Waals surface area contributed by atoms with Crippen molar-refractivity contribution in [1.29, 1.82) is 0 Å². The zero-order valence-electron chi connectivity index (χ0n) is 11.9. The maximum absolute atomic E-state index is 11.6. The van der Waals surface area contributed by atoms with Gasteiger partial charge in [0.2, 0.25) is 5.91 Å². The lowest BCUT2D eigenvalue weighted by Crippen LogP contribution is -2.31. The van der Waals surface area contributed by atoms with Crippen LogP contribution in [-0.2, 0) is 9.53 Å². The van der Waals surface area contributed by atoms with Crippen LogP contribution in [0.2, 0.25) is 0 Å². The highest BCUT2D eigenvalue weighted by Gasteiger charge is 2.05. The van der Waals surface area contributed by atoms with Crippen LogP contribution in [-0.4, -0.2) is 51.0 Å². The van der Waals surface area contributed by atoms with Crippen molar-refractivity contribution in [2.75, 3.05) is 39.2 Å². The number of aliphatic hydroxyl groups is 1. The Kier molecular flexibility index (Phi) is 7.64. The Hall–Kier alpha value is -1.63. The van der Waals surface area contributed by atoms with Crippen molar-refractivity contribution < 1.29 is 19.4 Å². The van der Waals surface area contributed by atoms with Crippen LogP contribution in [0, 0.1) is 0 Å². The molecule has 1 aromatic carbocycles. The number of hydrogen-bond acceptors (Lipinski definition) is 5. The molecule has 1 unspecified atom stereocenters. The maximum Gasteiger partial charge on any atom is 0.238 e. The molecular weight excluding hydrogens is 260 g/mol. The van der Waals surface area contributed by atoms with Crippen molar-refractivity contribution in [2.24, 2.45) is 0 Å². The number of amides is 1. The van der Waals surface area contributed by atoms with Gasteiger partial charge in [0.15, 0.2) is 0 Å². The van der Waals surface area contributed by atoms with Gasteiger partial charge in [-0.15, -0.1) is 0 Å². The molecule has 0 aromatic heterocycles. The zero-order valence-corrected chi connectivity index (χ0v) is 11.9. The highest BCUT2D eigenvalue weighted by molar-refractivity contribution is 5.92. The molecule has 0 radical (unpaired) electrons. The van der Waals surface area contributed by atoms with Gasteiger partial charge in [0.1, 0.15) is 5.75 Å². The first-order valence-electron chi connectivity index (χ1n) is 6.47. The average molecular weight is 282 g/mol. The molecule has 1 aromatic rings. The van der Waals surface area contributed by atoms with Crippen LogP contribution in [0.25, 0.3) is 0 Å². The molecule has 0 aliphatic carbocycles. The van der Waals surface area contributed by atoms with Gasteiger partial charge in [0, 0.05) is 12.8 Å². The molecule has 6 nitrogen and oxygen atoms in total. The second-order valence-corrected chi connectivity index (χ2v) is 4.35. The molecule has 0 bridgehead atoms. The van der Waals surface area contributed by atoms with E-state index in [1.54, 1.807) is 38.5 Å². The van der Waals surface area contributed by atoms with Crippen LogP contribution < -0.4 is 15.4 Å². The van der Waals surface area contributed by atoms with Crippen LogP contribution >= 0.6 is 0 Å². The summed E-state index contributed by atoms with van der Waals surface area (Å²) in [6.07, 6.45) is 0.0427. The zero-order chi connectivity index (χ0) is 14.8. The quantitative estimate of drug-likeness (QED) is 0.579. The monoisotopic (exact) mass is 282 g/mol. The van der Waals surface area contributed by atoms with Gasteiger partial charge in [-0.2, -0.15) is 0 Å². The number of anilines is 1. The van der Waals surface area contributed by atoms with Crippen LogP contribution in [0.1, 0.15) is 6.42 Å². The number of carbonyl (C=O) groups excluding carboxylic acids is 1. The summed E-state index contributed by atoms with van der Waals surface area (Å²) in [6.45, 7) is 1.06. The summed E-state index contributed by atoms with van der Waals surface area (Å²) in [7, 11) is 3.13. The van der Waals surface area contributed by atoms with E-state index in [2.05, 4.69) is 10.6 Å². The number of carbonyl (C=O) groups is 1. The Morgan fingerprint density at radius 3 is 2.60 bits per heavy atom. The van der Waals surface area contributed by atoms with Crippen molar-refractivity contribution in [3.05, 3.63) is 24.3 Å². The smallest absolute Gasteiger partial charge is 0.238 e. The third kappa shape index (κ3) is 6.51. The molecule has 0 heterocycles. The lowest BCUT2D eigenvalue weighted by atomic mass is 10.2. The lowest BCUT2D eigenvalue weighted by molar-refractivity contribution is -0.115. The fraction of sp³-hybridized carbons (Fsp3) is 0.500. The molecule has 112 valence electrons. The number of nitrogens with one attached hydrogen (secondary N) is 2. The van der Waals surface area contributed by atoms with Gasteiger partial charge in [-0.3, -0.25) is 4.79 Å². The van der Waals surface area contributed by atoms with E-state index in [1.807, 2.05) is 0 Å². The number of benzene rings is 1. The van der Waals surface area contributed by atoms with Gasteiger partial charge in [-0.1, -0.05) is 0 Å². The Labute approximate surface area is 119 Å². The molecule has 3 N–H and O–H groups in total. The molecule has 1 rings (SSSR count). The van der Waals surface area contributed by atoms with Gasteiger partial charge in [0.05, 0.1) is 26.4 Å². The van der Waals surface area contributed by atoms with Gasteiger partial charge < -0.3 is 25.2 Å². The number of rotatable bonds is 9. The summed E-state index contributed by atoms with van der Waals surface area (Å²) in [5, 5.41) is 15.1. The third-order valence-electron chi connectivity index (χ3n) is 2.67. The van der Waals surface area contributed by atoms with Gasteiger partial charge in [-0.05, 0) is 37.2 Å². The first kappa shape index (κ1) is 16.4. The SMILES string of the molecule is COCC(O)CCNCC(=O)Nc1ccc(OC)cc1. The Morgan fingerprint density at radius 1 is 1.30 bits per heavy atom. The van der Waals surface area contributed by atoms with E-state index in [-0.39, 0.29) is 12.5 Å². The van der Waals surface area contributed by atoms with E-state index < -0.39 is 6.10 Å². The van der Waals surface area contributed by atoms with Crippen LogP contribution in [0.4, 0.5) is 5.69 Å². The molecular formula is C14H22N2O4. The van der Waals surface area contributed by atoms with Crippen LogP contribution in [0.5, 0.6) is 5.75 Å². The minimum Gasteiger partial charge on any atom is -0.497 e. The maximum atomic E-state index is 11.6. The Bertz CT molecular complexity index is 395. The second-order valence-electron chi connectivity index (χ2n) is 4.35. The van der Waals surface area contributed by atoms with Crippen LogP contribution in [0.3, 0.4) is 0 Å². The van der Waals surface area contributed by atoms with E-state index >= 15 is 0 Å². The van der Waals surface area contributed by atoms with Gasteiger partial charge in [0.25, 0.3) is 0 Å². The highest BCUT2D eigenvalue weighted by Crippen LogP contribution is 2.14. The van der Waals surface area contributed by atoms with Gasteiger partial charge >= 0.3 is 0 Å². The number of ether oxygens (including phenoxy) is 2. The highest BCUT2D eigenvalue weighted by atomic mass is 16.5. The topological polar surface area (TPSA) is 79.8 Å². The average Bonchev–Trinajstić information content (AvgIpc) is 2.45. The first-order chi connectivity index (χ1) is 9.65. The Balaban J connectivity index is 2.19. The molecule has 0 spiro atoms. The predicted octanol–water partition coefficient (Wildman–Crippen LogP) is 0.621. The fourth-order valence-electron chi connectivity index (χ4n) is 1.63. The summed E-state index contributed by atoms with van der Waals surface area (Å²) in [6, 6.07) is 7.12. The standard InChI is InChI=1S/C14H22N2O4/c1-19-10-12(17)7-8-15-9-14(18)16-11-3-5-13(20-2)6-4-11/h3-6,12,15,17H,7-10H2,1-2H3,(H,16,18). The van der Waals surface area contributed by atoms with E-state index in [1.165, 1.54) is 0 Å². The summed E-state index contributed by atoms with van der Waals surface area (Å²) in [5.74, 6) is 0.615. The minimum atomic E-state index is -0.503. The first-order valence-corrected chi connectivity index (χ1v) is 6.47. The molecule has 0 saturated heterocycles. The minimum absolute atomic E-state index is 0.128. The largest absolute Gasteiger partial charge is 0.497 e. The van der Waals surface area contributed by atoms with Crippen LogP contribution in [0.15, 0.2) is 24.3 Å². The number of hydrogen-bond donors (Lipinski definition) is 3. The summed E-state index contributed by atoms with van der Waals surface area (Å²) < 4.78 is 9.85. The van der Waals surface area contributed by atoms with E-state index in [4.69, 9.17) is 9.47 Å². The van der Waals surface area contributed by atoms with Crippen molar-refractivity contribution in [1.82, 2.24) is 5.32 Å². The summed E-state index contributed by atoms with van der Waals surface area (Å²) in [4.78, 5) is 11.6. The van der Waals surface area contributed by atoms with Gasteiger partial charge in [-0.25, -0.2) is 0 Å². The normalized spacial score (nSPS) is 11.9. The predicted molar refractivity (Wildman–Crippen MR) is 77.0 cm³/mol.